The van der Waals surface area contributed by atoms with Gasteiger partial charge in [-0.2, -0.15) is 0 Å². The zero-order valence-corrected chi connectivity index (χ0v) is 12.2. The van der Waals surface area contributed by atoms with Gasteiger partial charge in [-0.1, -0.05) is 6.92 Å². The Bertz CT molecular complexity index is 218. The Morgan fingerprint density at radius 1 is 1.39 bits per heavy atom. The fourth-order valence-electron chi connectivity index (χ4n) is 2.61. The van der Waals surface area contributed by atoms with E-state index in [0.29, 0.717) is 6.04 Å². The topological polar surface area (TPSA) is 44.7 Å². The minimum Gasteiger partial charge on any atom is -0.394 e. The van der Waals surface area contributed by atoms with Crippen molar-refractivity contribution in [2.45, 2.75) is 51.6 Å². The van der Waals surface area contributed by atoms with Crippen LogP contribution in [0.2, 0.25) is 0 Å². The van der Waals surface area contributed by atoms with E-state index in [1.165, 1.54) is 0 Å². The van der Waals surface area contributed by atoms with E-state index in [4.69, 9.17) is 4.74 Å². The highest BCUT2D eigenvalue weighted by atomic mass is 16.5. The summed E-state index contributed by atoms with van der Waals surface area (Å²) < 4.78 is 5.49. The summed E-state index contributed by atoms with van der Waals surface area (Å²) in [6.45, 7) is 11.5. The van der Waals surface area contributed by atoms with Crippen LogP contribution in [0.3, 0.4) is 0 Å². The third-order valence-corrected chi connectivity index (χ3v) is 3.78. The first kappa shape index (κ1) is 15.9. The van der Waals surface area contributed by atoms with Gasteiger partial charge in [-0.3, -0.25) is 4.90 Å². The highest BCUT2D eigenvalue weighted by Gasteiger charge is 2.27. The quantitative estimate of drug-likeness (QED) is 0.721. The second-order valence-corrected chi connectivity index (χ2v) is 5.70. The summed E-state index contributed by atoms with van der Waals surface area (Å²) in [7, 11) is 0. The molecule has 0 bridgehead atoms. The van der Waals surface area contributed by atoms with E-state index in [1.54, 1.807) is 0 Å². The van der Waals surface area contributed by atoms with Crippen LogP contribution in [0.15, 0.2) is 0 Å². The summed E-state index contributed by atoms with van der Waals surface area (Å²) in [5.74, 6) is 0. The Balaban J connectivity index is 2.46. The van der Waals surface area contributed by atoms with Gasteiger partial charge in [0.1, 0.15) is 0 Å². The van der Waals surface area contributed by atoms with Crippen molar-refractivity contribution in [1.82, 2.24) is 10.2 Å². The van der Waals surface area contributed by atoms with Crippen LogP contribution in [0.25, 0.3) is 0 Å². The van der Waals surface area contributed by atoms with Crippen LogP contribution in [0.1, 0.15) is 40.0 Å². The third-order valence-electron chi connectivity index (χ3n) is 3.78. The van der Waals surface area contributed by atoms with Crippen molar-refractivity contribution in [2.75, 3.05) is 39.5 Å². The number of hydrogen-bond acceptors (Lipinski definition) is 4. The number of aliphatic hydroxyl groups excluding tert-OH is 1. The maximum atomic E-state index is 9.61. The van der Waals surface area contributed by atoms with Gasteiger partial charge in [0.05, 0.1) is 13.2 Å². The van der Waals surface area contributed by atoms with Gasteiger partial charge in [0.15, 0.2) is 0 Å². The molecule has 0 aromatic heterocycles. The van der Waals surface area contributed by atoms with Gasteiger partial charge in [0.2, 0.25) is 0 Å². The first-order chi connectivity index (χ1) is 8.61. The Morgan fingerprint density at radius 3 is 2.83 bits per heavy atom. The van der Waals surface area contributed by atoms with Gasteiger partial charge in [0.25, 0.3) is 0 Å². The molecule has 1 heterocycles. The van der Waals surface area contributed by atoms with E-state index >= 15 is 0 Å². The number of ether oxygens (including phenoxy) is 1. The second kappa shape index (κ2) is 8.10. The minimum absolute atomic E-state index is 0.164. The molecule has 1 aliphatic heterocycles. The van der Waals surface area contributed by atoms with Gasteiger partial charge in [-0.05, 0) is 39.7 Å². The van der Waals surface area contributed by atoms with Crippen LogP contribution in [0, 0.1) is 0 Å². The lowest BCUT2D eigenvalue weighted by atomic mass is 9.93. The largest absolute Gasteiger partial charge is 0.394 e. The molecule has 0 spiro atoms. The number of aliphatic hydroxyl groups is 1. The zero-order chi connectivity index (χ0) is 13.4. The van der Waals surface area contributed by atoms with Crippen LogP contribution in [0.5, 0.6) is 0 Å². The van der Waals surface area contributed by atoms with E-state index in [9.17, 15) is 5.11 Å². The molecular weight excluding hydrogens is 228 g/mol. The molecule has 0 amide bonds. The van der Waals surface area contributed by atoms with Crippen molar-refractivity contribution in [2.24, 2.45) is 0 Å². The second-order valence-electron chi connectivity index (χ2n) is 5.70. The van der Waals surface area contributed by atoms with Gasteiger partial charge in [-0.15, -0.1) is 0 Å². The van der Waals surface area contributed by atoms with Crippen LogP contribution in [-0.4, -0.2) is 61.0 Å². The Hall–Kier alpha value is -0.160. The molecule has 1 aliphatic rings. The first-order valence-electron chi connectivity index (χ1n) is 7.29. The van der Waals surface area contributed by atoms with Crippen LogP contribution in [0.4, 0.5) is 0 Å². The molecule has 1 saturated heterocycles. The van der Waals surface area contributed by atoms with Gasteiger partial charge < -0.3 is 15.2 Å². The molecule has 1 fully saturated rings. The molecular formula is C14H30N2O2. The molecule has 0 saturated carbocycles. The predicted octanol–water partition coefficient (Wildman–Crippen LogP) is 1.24. The summed E-state index contributed by atoms with van der Waals surface area (Å²) in [6.07, 6.45) is 3.19. The van der Waals surface area contributed by atoms with Crippen molar-refractivity contribution in [3.05, 3.63) is 0 Å². The molecule has 0 aliphatic carbocycles. The third kappa shape index (κ3) is 5.22. The van der Waals surface area contributed by atoms with Crippen molar-refractivity contribution in [3.8, 4) is 0 Å². The van der Waals surface area contributed by atoms with Crippen molar-refractivity contribution < 1.29 is 9.84 Å². The summed E-state index contributed by atoms with van der Waals surface area (Å²) >= 11 is 0. The van der Waals surface area contributed by atoms with Crippen LogP contribution < -0.4 is 5.32 Å². The zero-order valence-electron chi connectivity index (χ0n) is 12.2. The smallest absolute Gasteiger partial charge is 0.0611 e. The predicted molar refractivity (Wildman–Crippen MR) is 74.9 cm³/mol. The number of nitrogens with zero attached hydrogens (tertiary/aromatic N) is 1. The lowest BCUT2D eigenvalue weighted by Gasteiger charge is -2.36. The Kier molecular flexibility index (Phi) is 7.15. The van der Waals surface area contributed by atoms with Crippen LogP contribution >= 0.6 is 0 Å². The molecule has 18 heavy (non-hydrogen) atoms. The van der Waals surface area contributed by atoms with Crippen LogP contribution in [-0.2, 0) is 4.74 Å². The molecule has 0 aromatic carbocycles. The standard InChI is InChI=1S/C14H30N2O2/c1-4-6-15-14(3,12-17)11-13(2)16-7-5-9-18-10-8-16/h13,15,17H,4-12H2,1-3H3. The monoisotopic (exact) mass is 258 g/mol. The average molecular weight is 258 g/mol. The molecule has 1 rings (SSSR count). The number of rotatable bonds is 7. The molecule has 108 valence electrons. The lowest BCUT2D eigenvalue weighted by Crippen LogP contribution is -2.51. The van der Waals surface area contributed by atoms with Gasteiger partial charge in [0, 0.05) is 31.3 Å². The highest BCUT2D eigenvalue weighted by Crippen LogP contribution is 2.17. The summed E-state index contributed by atoms with van der Waals surface area (Å²) in [5.41, 5.74) is -0.164. The molecule has 4 heteroatoms. The maximum Gasteiger partial charge on any atom is 0.0611 e. The summed E-state index contributed by atoms with van der Waals surface area (Å²) in [5, 5.41) is 13.1. The van der Waals surface area contributed by atoms with E-state index in [0.717, 1.165) is 52.1 Å². The summed E-state index contributed by atoms with van der Waals surface area (Å²) in [4.78, 5) is 2.48. The molecule has 2 N–H and O–H groups in total. The Morgan fingerprint density at radius 2 is 2.17 bits per heavy atom. The van der Waals surface area contributed by atoms with E-state index < -0.39 is 0 Å². The summed E-state index contributed by atoms with van der Waals surface area (Å²) in [6, 6.07) is 0.480. The van der Waals surface area contributed by atoms with Gasteiger partial charge >= 0.3 is 0 Å². The lowest BCUT2D eigenvalue weighted by molar-refractivity contribution is 0.104. The highest BCUT2D eigenvalue weighted by molar-refractivity contribution is 4.87. The first-order valence-corrected chi connectivity index (χ1v) is 7.29. The van der Waals surface area contributed by atoms with E-state index in [-0.39, 0.29) is 12.1 Å². The normalized spacial score (nSPS) is 23.3. The van der Waals surface area contributed by atoms with Crippen molar-refractivity contribution in [3.63, 3.8) is 0 Å². The number of hydrogen-bond donors (Lipinski definition) is 2. The van der Waals surface area contributed by atoms with Crippen molar-refractivity contribution >= 4 is 0 Å². The average Bonchev–Trinajstić information content (AvgIpc) is 2.65. The Labute approximate surface area is 112 Å². The molecule has 0 radical (unpaired) electrons. The van der Waals surface area contributed by atoms with Gasteiger partial charge in [-0.25, -0.2) is 0 Å². The minimum atomic E-state index is -0.164. The molecule has 0 aromatic rings. The molecule has 2 unspecified atom stereocenters. The van der Waals surface area contributed by atoms with E-state index in [2.05, 4.69) is 31.0 Å². The molecule has 2 atom stereocenters. The maximum absolute atomic E-state index is 9.61. The fourth-order valence-corrected chi connectivity index (χ4v) is 2.61. The SMILES string of the molecule is CCCNC(C)(CO)CC(C)N1CCCOCC1. The number of nitrogens with one attached hydrogen (secondary N) is 1. The van der Waals surface area contributed by atoms with E-state index in [1.807, 2.05) is 0 Å². The molecule has 4 nitrogen and oxygen atoms in total. The van der Waals surface area contributed by atoms with Crippen molar-refractivity contribution in [1.29, 1.82) is 0 Å². The fraction of sp³-hybridized carbons (Fsp3) is 1.00.